The van der Waals surface area contributed by atoms with Gasteiger partial charge < -0.3 is 10.1 Å². The van der Waals surface area contributed by atoms with Crippen LogP contribution in [0.3, 0.4) is 0 Å². The quantitative estimate of drug-likeness (QED) is 0.876. The van der Waals surface area contributed by atoms with Gasteiger partial charge in [-0.3, -0.25) is 0 Å². The number of hydrogen-bond donors (Lipinski definition) is 1. The second-order valence-electron chi connectivity index (χ2n) is 3.12. The number of rotatable bonds is 5. The predicted octanol–water partition coefficient (Wildman–Crippen LogP) is 2.75. The third-order valence-electron chi connectivity index (χ3n) is 2.03. The lowest BCUT2D eigenvalue weighted by molar-refractivity contribution is 0.168. The molecule has 78 valence electrons. The zero-order valence-electron chi connectivity index (χ0n) is 8.59. The van der Waals surface area contributed by atoms with Gasteiger partial charge in [0.1, 0.15) is 0 Å². The summed E-state index contributed by atoms with van der Waals surface area (Å²) in [5.41, 5.74) is 1.25. The molecule has 0 bridgehead atoms. The zero-order chi connectivity index (χ0) is 10.4. The van der Waals surface area contributed by atoms with Crippen molar-refractivity contribution in [3.05, 3.63) is 34.3 Å². The van der Waals surface area contributed by atoms with Crippen LogP contribution in [0, 0.1) is 0 Å². The van der Waals surface area contributed by atoms with Crippen LogP contribution >= 0.6 is 15.9 Å². The highest BCUT2D eigenvalue weighted by Gasteiger charge is 2.09. The van der Waals surface area contributed by atoms with Crippen LogP contribution in [0.15, 0.2) is 28.7 Å². The van der Waals surface area contributed by atoms with Crippen LogP contribution in [0.5, 0.6) is 0 Å². The first-order valence-electron chi connectivity index (χ1n) is 4.75. The van der Waals surface area contributed by atoms with E-state index in [1.807, 2.05) is 12.1 Å². The molecular formula is C11H16BrNO. The molecule has 1 unspecified atom stereocenters. The van der Waals surface area contributed by atoms with E-state index in [2.05, 4.69) is 40.3 Å². The van der Waals surface area contributed by atoms with Crippen LogP contribution in [-0.4, -0.2) is 20.3 Å². The third-order valence-corrected chi connectivity index (χ3v) is 2.53. The first-order chi connectivity index (χ1) is 6.77. The molecule has 0 spiro atoms. The summed E-state index contributed by atoms with van der Waals surface area (Å²) in [5, 5.41) is 3.38. The Bertz CT molecular complexity index is 272. The van der Waals surface area contributed by atoms with E-state index in [4.69, 9.17) is 4.74 Å². The number of methoxy groups -OCH3 is 1. The average molecular weight is 258 g/mol. The number of likely N-dealkylation sites (N-methyl/N-ethyl adjacent to an activating group) is 1. The van der Waals surface area contributed by atoms with Gasteiger partial charge >= 0.3 is 0 Å². The number of nitrogens with one attached hydrogen (secondary N) is 1. The largest absolute Gasteiger partial charge is 0.383 e. The molecule has 1 N–H and O–H groups in total. The Morgan fingerprint density at radius 1 is 1.50 bits per heavy atom. The number of benzene rings is 1. The van der Waals surface area contributed by atoms with Gasteiger partial charge in [0.15, 0.2) is 0 Å². The highest BCUT2D eigenvalue weighted by atomic mass is 79.9. The van der Waals surface area contributed by atoms with Crippen molar-refractivity contribution in [1.29, 1.82) is 0 Å². The van der Waals surface area contributed by atoms with Gasteiger partial charge in [-0.25, -0.2) is 0 Å². The highest BCUT2D eigenvalue weighted by molar-refractivity contribution is 9.10. The van der Waals surface area contributed by atoms with Gasteiger partial charge in [0.2, 0.25) is 0 Å². The Balaban J connectivity index is 2.75. The molecule has 1 aromatic carbocycles. The summed E-state index contributed by atoms with van der Waals surface area (Å²) in [6.07, 6.45) is 0. The minimum atomic E-state index is 0.280. The van der Waals surface area contributed by atoms with Crippen molar-refractivity contribution in [3.63, 3.8) is 0 Å². The van der Waals surface area contributed by atoms with E-state index in [0.717, 1.165) is 11.0 Å². The molecule has 1 atom stereocenters. The normalized spacial score (nSPS) is 12.8. The van der Waals surface area contributed by atoms with Gasteiger partial charge in [-0.15, -0.1) is 0 Å². The monoisotopic (exact) mass is 257 g/mol. The molecule has 0 aliphatic heterocycles. The fourth-order valence-corrected chi connectivity index (χ4v) is 1.83. The van der Waals surface area contributed by atoms with Crippen molar-refractivity contribution in [3.8, 4) is 0 Å². The Labute approximate surface area is 93.8 Å². The molecule has 3 heteroatoms. The molecular weight excluding hydrogens is 242 g/mol. The summed E-state index contributed by atoms with van der Waals surface area (Å²) in [7, 11) is 1.72. The first kappa shape index (κ1) is 11.7. The summed E-state index contributed by atoms with van der Waals surface area (Å²) in [4.78, 5) is 0. The molecule has 0 fully saturated rings. The SMILES string of the molecule is CCNC(COC)c1cccc(Br)c1. The van der Waals surface area contributed by atoms with Crippen LogP contribution in [-0.2, 0) is 4.74 Å². The summed E-state index contributed by atoms with van der Waals surface area (Å²) in [6.45, 7) is 3.74. The second kappa shape index (κ2) is 6.17. The van der Waals surface area contributed by atoms with E-state index < -0.39 is 0 Å². The van der Waals surface area contributed by atoms with E-state index in [9.17, 15) is 0 Å². The predicted molar refractivity (Wildman–Crippen MR) is 62.4 cm³/mol. The molecule has 2 nitrogen and oxygen atoms in total. The van der Waals surface area contributed by atoms with Gasteiger partial charge in [0, 0.05) is 11.6 Å². The average Bonchev–Trinajstić information content (AvgIpc) is 2.17. The van der Waals surface area contributed by atoms with Gasteiger partial charge in [-0.05, 0) is 24.2 Å². The van der Waals surface area contributed by atoms with E-state index in [1.54, 1.807) is 7.11 Å². The summed E-state index contributed by atoms with van der Waals surface area (Å²) >= 11 is 3.46. The molecule has 0 aliphatic rings. The lowest BCUT2D eigenvalue weighted by Gasteiger charge is -2.17. The highest BCUT2D eigenvalue weighted by Crippen LogP contribution is 2.18. The van der Waals surface area contributed by atoms with E-state index >= 15 is 0 Å². The van der Waals surface area contributed by atoms with Crippen LogP contribution < -0.4 is 5.32 Å². The molecule has 0 saturated heterocycles. The van der Waals surface area contributed by atoms with Crippen molar-refractivity contribution < 1.29 is 4.74 Å². The summed E-state index contributed by atoms with van der Waals surface area (Å²) < 4.78 is 6.28. The Kier molecular flexibility index (Phi) is 5.15. The number of hydrogen-bond acceptors (Lipinski definition) is 2. The summed E-state index contributed by atoms with van der Waals surface area (Å²) in [6, 6.07) is 8.57. The van der Waals surface area contributed by atoms with E-state index in [-0.39, 0.29) is 6.04 Å². The van der Waals surface area contributed by atoms with Crippen LogP contribution in [0.2, 0.25) is 0 Å². The van der Waals surface area contributed by atoms with Crippen molar-refractivity contribution in [1.82, 2.24) is 5.32 Å². The Morgan fingerprint density at radius 3 is 2.86 bits per heavy atom. The van der Waals surface area contributed by atoms with E-state index in [0.29, 0.717) is 6.61 Å². The van der Waals surface area contributed by atoms with Crippen molar-refractivity contribution in [2.75, 3.05) is 20.3 Å². The second-order valence-corrected chi connectivity index (χ2v) is 4.04. The molecule has 14 heavy (non-hydrogen) atoms. The molecule has 0 saturated carbocycles. The maximum atomic E-state index is 5.17. The summed E-state index contributed by atoms with van der Waals surface area (Å²) in [5.74, 6) is 0. The standard InChI is InChI=1S/C11H16BrNO/c1-3-13-11(8-14-2)9-5-4-6-10(12)7-9/h4-7,11,13H,3,8H2,1-2H3. The Morgan fingerprint density at radius 2 is 2.29 bits per heavy atom. The zero-order valence-corrected chi connectivity index (χ0v) is 10.2. The minimum absolute atomic E-state index is 0.280. The molecule has 0 amide bonds. The maximum absolute atomic E-state index is 5.17. The van der Waals surface area contributed by atoms with Crippen molar-refractivity contribution in [2.24, 2.45) is 0 Å². The van der Waals surface area contributed by atoms with E-state index in [1.165, 1.54) is 5.56 Å². The van der Waals surface area contributed by atoms with Gasteiger partial charge in [-0.2, -0.15) is 0 Å². The van der Waals surface area contributed by atoms with Crippen LogP contribution in [0.4, 0.5) is 0 Å². The van der Waals surface area contributed by atoms with Gasteiger partial charge in [0.25, 0.3) is 0 Å². The Hall–Kier alpha value is -0.380. The molecule has 0 aromatic heterocycles. The molecule has 0 aliphatic carbocycles. The van der Waals surface area contributed by atoms with Gasteiger partial charge in [-0.1, -0.05) is 35.0 Å². The van der Waals surface area contributed by atoms with Crippen molar-refractivity contribution >= 4 is 15.9 Å². The minimum Gasteiger partial charge on any atom is -0.383 e. The fraction of sp³-hybridized carbons (Fsp3) is 0.455. The van der Waals surface area contributed by atoms with Gasteiger partial charge in [0.05, 0.1) is 12.6 Å². The topological polar surface area (TPSA) is 21.3 Å². The number of ether oxygens (including phenoxy) is 1. The maximum Gasteiger partial charge on any atom is 0.0657 e. The van der Waals surface area contributed by atoms with Crippen molar-refractivity contribution in [2.45, 2.75) is 13.0 Å². The third kappa shape index (κ3) is 3.40. The molecule has 0 radical (unpaired) electrons. The molecule has 1 rings (SSSR count). The lowest BCUT2D eigenvalue weighted by atomic mass is 10.1. The number of halogens is 1. The molecule has 1 aromatic rings. The lowest BCUT2D eigenvalue weighted by Crippen LogP contribution is -2.24. The van der Waals surface area contributed by atoms with Crippen LogP contribution in [0.25, 0.3) is 0 Å². The molecule has 0 heterocycles. The first-order valence-corrected chi connectivity index (χ1v) is 5.55. The smallest absolute Gasteiger partial charge is 0.0657 e. The fourth-order valence-electron chi connectivity index (χ4n) is 1.41. The van der Waals surface area contributed by atoms with Crippen LogP contribution in [0.1, 0.15) is 18.5 Å².